The second kappa shape index (κ2) is 6.79. The van der Waals surface area contributed by atoms with Crippen molar-refractivity contribution in [1.82, 2.24) is 4.57 Å². The van der Waals surface area contributed by atoms with Crippen LogP contribution >= 0.6 is 15.9 Å². The van der Waals surface area contributed by atoms with Gasteiger partial charge < -0.3 is 5.32 Å². The molecule has 3 rings (SSSR count). The number of nitrogens with one attached hydrogen (secondary N) is 1. The van der Waals surface area contributed by atoms with E-state index in [4.69, 9.17) is 0 Å². The van der Waals surface area contributed by atoms with E-state index in [0.717, 1.165) is 21.1 Å². The summed E-state index contributed by atoms with van der Waals surface area (Å²) >= 11 is 3.34. The summed E-state index contributed by atoms with van der Waals surface area (Å²) in [6.45, 7) is 0. The standard InChI is InChI=1S/C18H15BrN2O2/c19-14-5-7-15(8-6-14)20-17(22)9-10-18(23)21-12-11-13-3-1-2-4-16(13)21/h1-8,11-12H,9-10H2,(H,20,22). The van der Waals surface area contributed by atoms with Gasteiger partial charge >= 0.3 is 0 Å². The number of carbonyl (C=O) groups is 2. The molecule has 0 radical (unpaired) electrons. The van der Waals surface area contributed by atoms with Crippen molar-refractivity contribution >= 4 is 44.3 Å². The number of anilines is 1. The number of fused-ring (bicyclic) bond motifs is 1. The molecular weight excluding hydrogens is 356 g/mol. The van der Waals surface area contributed by atoms with Crippen LogP contribution in [0.1, 0.15) is 17.6 Å². The number of rotatable bonds is 4. The molecule has 0 aliphatic carbocycles. The fraction of sp³-hybridized carbons (Fsp3) is 0.111. The number of benzene rings is 2. The lowest BCUT2D eigenvalue weighted by Crippen LogP contribution is -2.16. The number of para-hydroxylation sites is 1. The van der Waals surface area contributed by atoms with E-state index in [2.05, 4.69) is 21.2 Å². The van der Waals surface area contributed by atoms with Crippen molar-refractivity contribution in [3.63, 3.8) is 0 Å². The first kappa shape index (κ1) is 15.5. The number of hydrogen-bond donors (Lipinski definition) is 1. The first-order valence-corrected chi connectivity index (χ1v) is 8.07. The molecule has 3 aromatic rings. The molecule has 1 amide bonds. The van der Waals surface area contributed by atoms with Gasteiger partial charge in [0.15, 0.2) is 0 Å². The summed E-state index contributed by atoms with van der Waals surface area (Å²) < 4.78 is 2.55. The first-order chi connectivity index (χ1) is 11.1. The maximum absolute atomic E-state index is 12.3. The molecule has 0 unspecified atom stereocenters. The third kappa shape index (κ3) is 3.68. The minimum absolute atomic E-state index is 0.0860. The Kier molecular flexibility index (Phi) is 4.57. The van der Waals surface area contributed by atoms with Gasteiger partial charge in [-0.25, -0.2) is 0 Å². The molecule has 0 bridgehead atoms. The lowest BCUT2D eigenvalue weighted by molar-refractivity contribution is -0.116. The Morgan fingerprint density at radius 3 is 2.48 bits per heavy atom. The molecule has 1 N–H and O–H groups in total. The zero-order valence-electron chi connectivity index (χ0n) is 12.3. The van der Waals surface area contributed by atoms with E-state index in [-0.39, 0.29) is 24.7 Å². The van der Waals surface area contributed by atoms with Gasteiger partial charge in [0.25, 0.3) is 0 Å². The van der Waals surface area contributed by atoms with E-state index in [1.54, 1.807) is 10.8 Å². The van der Waals surface area contributed by atoms with Gasteiger partial charge in [-0.05, 0) is 36.4 Å². The Morgan fingerprint density at radius 2 is 1.70 bits per heavy atom. The fourth-order valence-electron chi connectivity index (χ4n) is 2.40. The van der Waals surface area contributed by atoms with Crippen LogP contribution in [-0.2, 0) is 4.79 Å². The third-order valence-electron chi connectivity index (χ3n) is 3.56. The molecule has 4 nitrogen and oxygen atoms in total. The molecule has 116 valence electrons. The van der Waals surface area contributed by atoms with Crippen molar-refractivity contribution in [2.75, 3.05) is 5.32 Å². The van der Waals surface area contributed by atoms with Gasteiger partial charge in [0, 0.05) is 34.6 Å². The van der Waals surface area contributed by atoms with Gasteiger partial charge in [-0.3, -0.25) is 14.2 Å². The number of aromatic nitrogens is 1. The number of amides is 1. The van der Waals surface area contributed by atoms with Crippen LogP contribution in [-0.4, -0.2) is 16.4 Å². The van der Waals surface area contributed by atoms with E-state index in [1.807, 2.05) is 54.6 Å². The van der Waals surface area contributed by atoms with Gasteiger partial charge in [0.1, 0.15) is 0 Å². The molecule has 1 aromatic heterocycles. The lowest BCUT2D eigenvalue weighted by Gasteiger charge is -2.06. The van der Waals surface area contributed by atoms with Crippen molar-refractivity contribution in [1.29, 1.82) is 0 Å². The minimum atomic E-state index is -0.169. The van der Waals surface area contributed by atoms with Gasteiger partial charge in [-0.2, -0.15) is 0 Å². The molecule has 0 fully saturated rings. The van der Waals surface area contributed by atoms with E-state index in [9.17, 15) is 9.59 Å². The molecule has 23 heavy (non-hydrogen) atoms. The molecule has 0 saturated carbocycles. The molecule has 0 aliphatic heterocycles. The largest absolute Gasteiger partial charge is 0.326 e. The number of halogens is 1. The van der Waals surface area contributed by atoms with Crippen LogP contribution in [0.5, 0.6) is 0 Å². The summed E-state index contributed by atoms with van der Waals surface area (Å²) in [5, 5.41) is 3.80. The zero-order valence-corrected chi connectivity index (χ0v) is 13.9. The van der Waals surface area contributed by atoms with Crippen molar-refractivity contribution < 1.29 is 9.59 Å². The molecule has 5 heteroatoms. The Labute approximate surface area is 142 Å². The summed E-state index contributed by atoms with van der Waals surface area (Å²) in [5.41, 5.74) is 1.59. The highest BCUT2D eigenvalue weighted by atomic mass is 79.9. The van der Waals surface area contributed by atoms with Crippen molar-refractivity contribution in [3.05, 3.63) is 65.3 Å². The van der Waals surface area contributed by atoms with Crippen molar-refractivity contribution in [3.8, 4) is 0 Å². The number of carbonyl (C=O) groups excluding carboxylic acids is 2. The monoisotopic (exact) mass is 370 g/mol. The van der Waals surface area contributed by atoms with E-state index >= 15 is 0 Å². The second-order valence-corrected chi connectivity index (χ2v) is 6.11. The number of nitrogens with zero attached hydrogens (tertiary/aromatic N) is 1. The first-order valence-electron chi connectivity index (χ1n) is 7.28. The normalized spacial score (nSPS) is 10.7. The van der Waals surface area contributed by atoms with Crippen LogP contribution in [0.4, 0.5) is 5.69 Å². The van der Waals surface area contributed by atoms with E-state index in [1.165, 1.54) is 0 Å². The van der Waals surface area contributed by atoms with Crippen LogP contribution in [0.2, 0.25) is 0 Å². The average molecular weight is 371 g/mol. The van der Waals surface area contributed by atoms with E-state index < -0.39 is 0 Å². The molecule has 0 atom stereocenters. The Balaban J connectivity index is 1.60. The predicted octanol–water partition coefficient (Wildman–Crippen LogP) is 4.46. The van der Waals surface area contributed by atoms with Crippen LogP contribution in [0.25, 0.3) is 10.9 Å². The maximum Gasteiger partial charge on any atom is 0.231 e. The molecule has 0 aliphatic rings. The Bertz CT molecular complexity index is 853. The van der Waals surface area contributed by atoms with Gasteiger partial charge in [0.05, 0.1) is 5.52 Å². The smallest absolute Gasteiger partial charge is 0.231 e. The lowest BCUT2D eigenvalue weighted by atomic mass is 10.2. The van der Waals surface area contributed by atoms with E-state index in [0.29, 0.717) is 0 Å². The van der Waals surface area contributed by atoms with Crippen LogP contribution in [0, 0.1) is 0 Å². The summed E-state index contributed by atoms with van der Waals surface area (Å²) in [5.74, 6) is -0.255. The second-order valence-electron chi connectivity index (χ2n) is 5.19. The quantitative estimate of drug-likeness (QED) is 0.736. The van der Waals surface area contributed by atoms with Gasteiger partial charge in [-0.15, -0.1) is 0 Å². The minimum Gasteiger partial charge on any atom is -0.326 e. The SMILES string of the molecule is O=C(CCC(=O)n1ccc2ccccc21)Nc1ccc(Br)cc1. The maximum atomic E-state index is 12.3. The fourth-order valence-corrected chi connectivity index (χ4v) is 2.66. The molecule has 1 heterocycles. The zero-order chi connectivity index (χ0) is 16.2. The van der Waals surface area contributed by atoms with Gasteiger partial charge in [-0.1, -0.05) is 34.1 Å². The average Bonchev–Trinajstić information content (AvgIpc) is 2.99. The Hall–Kier alpha value is -2.40. The molecular formula is C18H15BrN2O2. The van der Waals surface area contributed by atoms with Crippen LogP contribution in [0.15, 0.2) is 65.3 Å². The van der Waals surface area contributed by atoms with Crippen molar-refractivity contribution in [2.45, 2.75) is 12.8 Å². The van der Waals surface area contributed by atoms with Crippen molar-refractivity contribution in [2.24, 2.45) is 0 Å². The summed E-state index contributed by atoms with van der Waals surface area (Å²) in [6, 6.07) is 16.9. The molecule has 0 spiro atoms. The third-order valence-corrected chi connectivity index (χ3v) is 4.09. The number of hydrogen-bond acceptors (Lipinski definition) is 2. The highest BCUT2D eigenvalue weighted by molar-refractivity contribution is 9.10. The summed E-state index contributed by atoms with van der Waals surface area (Å²) in [6.07, 6.45) is 2.07. The summed E-state index contributed by atoms with van der Waals surface area (Å²) in [4.78, 5) is 24.2. The van der Waals surface area contributed by atoms with Crippen LogP contribution in [0.3, 0.4) is 0 Å². The predicted molar refractivity (Wildman–Crippen MR) is 94.6 cm³/mol. The molecule has 2 aromatic carbocycles. The Morgan fingerprint density at radius 1 is 0.957 bits per heavy atom. The highest BCUT2D eigenvalue weighted by Gasteiger charge is 2.11. The topological polar surface area (TPSA) is 51.1 Å². The van der Waals surface area contributed by atoms with Crippen LogP contribution < -0.4 is 5.32 Å². The molecule has 0 saturated heterocycles. The van der Waals surface area contributed by atoms with Gasteiger partial charge in [0.2, 0.25) is 11.8 Å². The summed E-state index contributed by atoms with van der Waals surface area (Å²) in [7, 11) is 0. The highest BCUT2D eigenvalue weighted by Crippen LogP contribution is 2.17.